The first kappa shape index (κ1) is 29.0. The van der Waals surface area contributed by atoms with Crippen molar-refractivity contribution in [2.24, 2.45) is 12.0 Å². The molecule has 1 aromatic heterocycles. The lowest BCUT2D eigenvalue weighted by Gasteiger charge is -2.14. The summed E-state index contributed by atoms with van der Waals surface area (Å²) in [6.45, 7) is 10.0. The van der Waals surface area contributed by atoms with E-state index in [0.717, 1.165) is 74.7 Å². The number of aliphatic imine (C=N–C) groups is 1. The number of aromatic nitrogens is 3. The Morgan fingerprint density at radius 2 is 1.82 bits per heavy atom. The summed E-state index contributed by atoms with van der Waals surface area (Å²) >= 11 is 0. The van der Waals surface area contributed by atoms with E-state index in [4.69, 9.17) is 14.2 Å². The third-order valence-corrected chi connectivity index (χ3v) is 4.99. The number of methoxy groups -OCH3 is 1. The highest BCUT2D eigenvalue weighted by Crippen LogP contribution is 2.28. The van der Waals surface area contributed by atoms with Crippen molar-refractivity contribution < 1.29 is 14.2 Å². The molecule has 0 radical (unpaired) electrons. The van der Waals surface area contributed by atoms with Crippen LogP contribution in [0.2, 0.25) is 0 Å². The third-order valence-electron chi connectivity index (χ3n) is 4.99. The summed E-state index contributed by atoms with van der Waals surface area (Å²) in [6.07, 6.45) is 2.81. The second kappa shape index (κ2) is 16.5. The zero-order valence-corrected chi connectivity index (χ0v) is 22.8. The molecule has 0 fully saturated rings. The van der Waals surface area contributed by atoms with Crippen LogP contribution >= 0.6 is 24.0 Å². The van der Waals surface area contributed by atoms with Gasteiger partial charge in [-0.3, -0.25) is 0 Å². The molecule has 2 aromatic rings. The molecular weight excluding hydrogens is 535 g/mol. The van der Waals surface area contributed by atoms with Crippen LogP contribution in [0.4, 0.5) is 0 Å². The Bertz CT molecular complexity index is 844. The number of nitrogens with one attached hydrogen (secondary N) is 2. The molecule has 10 heteroatoms. The number of rotatable bonds is 14. The molecule has 0 aliphatic carbocycles. The molecule has 9 nitrogen and oxygen atoms in total. The molecule has 2 N–H and O–H groups in total. The van der Waals surface area contributed by atoms with Crippen LogP contribution in [0.15, 0.2) is 23.2 Å². The number of hydrogen-bond acceptors (Lipinski definition) is 6. The fraction of sp³-hybridized carbons (Fsp3) is 0.609. The fourth-order valence-electron chi connectivity index (χ4n) is 3.08. The monoisotopic (exact) mass is 574 g/mol. The Kier molecular flexibility index (Phi) is 14.5. The van der Waals surface area contributed by atoms with Gasteiger partial charge in [-0.05, 0) is 57.7 Å². The maximum atomic E-state index is 5.68. The molecular formula is C23H39IN6O3. The van der Waals surface area contributed by atoms with Crippen molar-refractivity contribution >= 4 is 29.9 Å². The molecule has 0 amide bonds. The number of nitrogens with zero attached hydrogens (tertiary/aromatic N) is 4. The summed E-state index contributed by atoms with van der Waals surface area (Å²) in [5.41, 5.74) is 1.22. The van der Waals surface area contributed by atoms with Crippen molar-refractivity contribution in [3.63, 3.8) is 0 Å². The number of ether oxygens (including phenoxy) is 3. The molecule has 0 saturated carbocycles. The van der Waals surface area contributed by atoms with E-state index in [1.54, 1.807) is 7.11 Å². The molecule has 0 unspecified atom stereocenters. The first-order chi connectivity index (χ1) is 15.6. The van der Waals surface area contributed by atoms with Crippen LogP contribution in [-0.2, 0) is 24.8 Å². The lowest BCUT2D eigenvalue weighted by Crippen LogP contribution is -2.39. The summed E-state index contributed by atoms with van der Waals surface area (Å²) in [5, 5.41) is 15.1. The van der Waals surface area contributed by atoms with Gasteiger partial charge in [-0.15, -0.1) is 34.2 Å². The molecule has 0 atom stereocenters. The molecule has 33 heavy (non-hydrogen) atoms. The van der Waals surface area contributed by atoms with Gasteiger partial charge in [0.05, 0.1) is 13.7 Å². The van der Waals surface area contributed by atoms with Gasteiger partial charge in [0, 0.05) is 33.4 Å². The minimum atomic E-state index is 0. The van der Waals surface area contributed by atoms with E-state index in [9.17, 15) is 0 Å². The number of aryl methyl sites for hydroxylation is 2. The van der Waals surface area contributed by atoms with Crippen LogP contribution in [-0.4, -0.2) is 60.7 Å². The third kappa shape index (κ3) is 10.2. The molecule has 186 valence electrons. The van der Waals surface area contributed by atoms with Crippen molar-refractivity contribution in [2.75, 3.05) is 40.0 Å². The van der Waals surface area contributed by atoms with Crippen molar-refractivity contribution in [3.8, 4) is 11.5 Å². The zero-order valence-electron chi connectivity index (χ0n) is 20.5. The van der Waals surface area contributed by atoms with E-state index in [0.29, 0.717) is 13.2 Å². The molecule has 0 spiro atoms. The molecule has 0 aliphatic rings. The fourth-order valence-corrected chi connectivity index (χ4v) is 3.08. The first-order valence-electron chi connectivity index (χ1n) is 11.3. The van der Waals surface area contributed by atoms with E-state index >= 15 is 0 Å². The summed E-state index contributed by atoms with van der Waals surface area (Å²) in [6, 6.07) is 6.10. The van der Waals surface area contributed by atoms with Gasteiger partial charge in [0.15, 0.2) is 23.3 Å². The Morgan fingerprint density at radius 1 is 1.06 bits per heavy atom. The Hall–Kier alpha value is -2.08. The second-order valence-corrected chi connectivity index (χ2v) is 7.31. The SMILES string of the molecule is CCOCCCNC(=NCc1nnc(C)n1C)NCCCc1ccc(OC)c(OCC)c1.I. The van der Waals surface area contributed by atoms with Gasteiger partial charge in [0.1, 0.15) is 12.4 Å². The van der Waals surface area contributed by atoms with Crippen LogP contribution in [0, 0.1) is 6.92 Å². The number of halogens is 1. The van der Waals surface area contributed by atoms with Crippen LogP contribution in [0.5, 0.6) is 11.5 Å². The van der Waals surface area contributed by atoms with Gasteiger partial charge >= 0.3 is 0 Å². The van der Waals surface area contributed by atoms with Gasteiger partial charge in [0.25, 0.3) is 0 Å². The smallest absolute Gasteiger partial charge is 0.191 e. The minimum absolute atomic E-state index is 0. The van der Waals surface area contributed by atoms with Gasteiger partial charge in [0.2, 0.25) is 0 Å². The average Bonchev–Trinajstić information content (AvgIpc) is 3.12. The number of benzene rings is 1. The van der Waals surface area contributed by atoms with E-state index < -0.39 is 0 Å². The summed E-state index contributed by atoms with van der Waals surface area (Å²) < 4.78 is 18.4. The summed E-state index contributed by atoms with van der Waals surface area (Å²) in [7, 11) is 3.61. The summed E-state index contributed by atoms with van der Waals surface area (Å²) in [4.78, 5) is 4.69. The standard InChI is InChI=1S/C23H38N6O3.HI/c1-6-31-15-9-14-25-23(26-17-22-28-27-18(3)29(22)4)24-13-8-10-19-11-12-20(30-5)21(16-19)32-7-2;/h11-12,16H,6-10,13-15,17H2,1-5H3,(H2,24,25,26);1H. The maximum Gasteiger partial charge on any atom is 0.191 e. The summed E-state index contributed by atoms with van der Waals surface area (Å²) in [5.74, 6) is 4.03. The van der Waals surface area contributed by atoms with Gasteiger partial charge in [-0.25, -0.2) is 4.99 Å². The second-order valence-electron chi connectivity index (χ2n) is 7.31. The van der Waals surface area contributed by atoms with Crippen molar-refractivity contribution in [3.05, 3.63) is 35.4 Å². The largest absolute Gasteiger partial charge is 0.493 e. The molecule has 1 aromatic carbocycles. The van der Waals surface area contributed by atoms with Crippen molar-refractivity contribution in [1.29, 1.82) is 0 Å². The maximum absolute atomic E-state index is 5.68. The van der Waals surface area contributed by atoms with Crippen molar-refractivity contribution in [1.82, 2.24) is 25.4 Å². The predicted molar refractivity (Wildman–Crippen MR) is 142 cm³/mol. The van der Waals surface area contributed by atoms with Crippen LogP contribution in [0.25, 0.3) is 0 Å². The molecule has 2 rings (SSSR count). The van der Waals surface area contributed by atoms with Crippen LogP contribution in [0.1, 0.15) is 43.9 Å². The van der Waals surface area contributed by atoms with E-state index in [-0.39, 0.29) is 24.0 Å². The highest BCUT2D eigenvalue weighted by molar-refractivity contribution is 14.0. The zero-order chi connectivity index (χ0) is 23.2. The Balaban J connectivity index is 0.00000544. The van der Waals surface area contributed by atoms with Gasteiger partial charge in [-0.1, -0.05) is 6.07 Å². The predicted octanol–water partition coefficient (Wildman–Crippen LogP) is 3.24. The lowest BCUT2D eigenvalue weighted by molar-refractivity contribution is 0.145. The molecule has 0 saturated heterocycles. The minimum Gasteiger partial charge on any atom is -0.493 e. The molecule has 1 heterocycles. The number of guanidine groups is 1. The quantitative estimate of drug-likeness (QED) is 0.155. The van der Waals surface area contributed by atoms with Crippen molar-refractivity contribution in [2.45, 2.75) is 46.6 Å². The van der Waals surface area contributed by atoms with E-state index in [1.165, 1.54) is 5.56 Å². The first-order valence-corrected chi connectivity index (χ1v) is 11.3. The van der Waals surface area contributed by atoms with Crippen LogP contribution < -0.4 is 20.1 Å². The lowest BCUT2D eigenvalue weighted by atomic mass is 10.1. The van der Waals surface area contributed by atoms with E-state index in [2.05, 4.69) is 38.0 Å². The normalized spacial score (nSPS) is 11.1. The highest BCUT2D eigenvalue weighted by atomic mass is 127. The Labute approximate surface area is 214 Å². The van der Waals surface area contributed by atoms with Gasteiger partial charge < -0.3 is 29.4 Å². The van der Waals surface area contributed by atoms with Gasteiger partial charge in [-0.2, -0.15) is 0 Å². The average molecular weight is 575 g/mol. The molecule has 0 bridgehead atoms. The Morgan fingerprint density at radius 3 is 2.45 bits per heavy atom. The van der Waals surface area contributed by atoms with E-state index in [1.807, 2.05) is 38.5 Å². The van der Waals surface area contributed by atoms with Crippen LogP contribution in [0.3, 0.4) is 0 Å². The highest BCUT2D eigenvalue weighted by Gasteiger charge is 2.07. The topological polar surface area (TPSA) is 94.8 Å². The molecule has 0 aliphatic heterocycles. The number of hydrogen-bond donors (Lipinski definition) is 2.